The first-order valence-corrected chi connectivity index (χ1v) is 7.75. The lowest BCUT2D eigenvalue weighted by molar-refractivity contribution is -0.123. The molecule has 2 atom stereocenters. The molecule has 1 aromatic carbocycles. The average molecular weight is 353 g/mol. The first-order chi connectivity index (χ1) is 11.0. The lowest BCUT2D eigenvalue weighted by Gasteiger charge is -2.23. The van der Waals surface area contributed by atoms with E-state index in [1.54, 1.807) is 31.2 Å². The minimum absolute atomic E-state index is 0. The van der Waals surface area contributed by atoms with Crippen molar-refractivity contribution in [2.75, 3.05) is 18.4 Å². The van der Waals surface area contributed by atoms with E-state index < -0.39 is 17.5 Å². The number of benzene rings is 1. The summed E-state index contributed by atoms with van der Waals surface area (Å²) in [5, 5.41) is 11.0. The number of rotatable bonds is 3. The number of anilines is 1. The monoisotopic (exact) mass is 352 g/mol. The lowest BCUT2D eigenvalue weighted by atomic mass is 9.92. The standard InChI is InChI=1S/C16H20N4O3.ClH/c1-16(14(22)19-15(23)20-16)11-5-2-6-12(8-11)18-13(21)10-4-3-7-17-9-10;/h2,5-6,8,10,17H,3-4,7,9H2,1H3,(H,18,21)(H2,19,20,22,23);1H. The topological polar surface area (TPSA) is 99.3 Å². The van der Waals surface area contributed by atoms with Crippen LogP contribution in [0.5, 0.6) is 0 Å². The van der Waals surface area contributed by atoms with E-state index in [0.29, 0.717) is 17.8 Å². The van der Waals surface area contributed by atoms with Crippen LogP contribution in [0.2, 0.25) is 0 Å². The molecule has 2 aliphatic rings. The second-order valence-electron chi connectivity index (χ2n) is 6.15. The SMILES string of the molecule is CC1(c2cccc(NC(=O)C3CCCNC3)c2)NC(=O)NC1=O.Cl. The van der Waals surface area contributed by atoms with Crippen LogP contribution in [0.1, 0.15) is 25.3 Å². The van der Waals surface area contributed by atoms with Crippen LogP contribution in [0.15, 0.2) is 24.3 Å². The largest absolute Gasteiger partial charge is 0.326 e. The summed E-state index contributed by atoms with van der Waals surface area (Å²) in [6.45, 7) is 3.27. The summed E-state index contributed by atoms with van der Waals surface area (Å²) in [5.74, 6) is -0.473. The number of carbonyl (C=O) groups excluding carboxylic acids is 3. The number of carbonyl (C=O) groups is 3. The van der Waals surface area contributed by atoms with E-state index in [9.17, 15) is 14.4 Å². The van der Waals surface area contributed by atoms with E-state index in [2.05, 4.69) is 21.3 Å². The zero-order valence-electron chi connectivity index (χ0n) is 13.3. The molecule has 130 valence electrons. The molecule has 2 saturated heterocycles. The zero-order chi connectivity index (χ0) is 16.4. The number of hydrogen-bond acceptors (Lipinski definition) is 4. The van der Waals surface area contributed by atoms with Gasteiger partial charge in [-0.25, -0.2) is 4.79 Å². The Morgan fingerprint density at radius 2 is 2.12 bits per heavy atom. The van der Waals surface area contributed by atoms with Crippen molar-refractivity contribution in [2.45, 2.75) is 25.3 Å². The molecule has 4 amide bonds. The molecule has 4 N–H and O–H groups in total. The van der Waals surface area contributed by atoms with Gasteiger partial charge in [0, 0.05) is 12.2 Å². The summed E-state index contributed by atoms with van der Waals surface area (Å²) < 4.78 is 0. The normalized spacial score (nSPS) is 26.1. The van der Waals surface area contributed by atoms with E-state index >= 15 is 0 Å². The fourth-order valence-electron chi connectivity index (χ4n) is 2.97. The molecule has 7 nitrogen and oxygen atoms in total. The van der Waals surface area contributed by atoms with Gasteiger partial charge in [0.05, 0.1) is 5.92 Å². The highest BCUT2D eigenvalue weighted by Gasteiger charge is 2.43. The predicted molar refractivity (Wildman–Crippen MR) is 91.9 cm³/mol. The minimum Gasteiger partial charge on any atom is -0.326 e. The van der Waals surface area contributed by atoms with Crippen LogP contribution in [-0.2, 0) is 15.1 Å². The lowest BCUT2D eigenvalue weighted by Crippen LogP contribution is -2.40. The van der Waals surface area contributed by atoms with Gasteiger partial charge >= 0.3 is 6.03 Å². The van der Waals surface area contributed by atoms with Gasteiger partial charge in [0.25, 0.3) is 5.91 Å². The maximum absolute atomic E-state index is 12.3. The first kappa shape index (κ1) is 18.2. The van der Waals surface area contributed by atoms with Crippen molar-refractivity contribution in [3.63, 3.8) is 0 Å². The Kier molecular flexibility index (Phi) is 5.46. The zero-order valence-corrected chi connectivity index (χ0v) is 14.2. The van der Waals surface area contributed by atoms with E-state index in [1.165, 1.54) is 0 Å². The Morgan fingerprint density at radius 3 is 2.75 bits per heavy atom. The van der Waals surface area contributed by atoms with E-state index in [0.717, 1.165) is 19.4 Å². The molecule has 2 unspecified atom stereocenters. The minimum atomic E-state index is -1.12. The highest BCUT2D eigenvalue weighted by Crippen LogP contribution is 2.26. The predicted octanol–water partition coefficient (Wildman–Crippen LogP) is 1.10. The molecular weight excluding hydrogens is 332 g/mol. The van der Waals surface area contributed by atoms with E-state index in [4.69, 9.17) is 0 Å². The van der Waals surface area contributed by atoms with Gasteiger partial charge < -0.3 is 16.0 Å². The van der Waals surface area contributed by atoms with Crippen LogP contribution in [0.3, 0.4) is 0 Å². The van der Waals surface area contributed by atoms with Crippen LogP contribution in [0, 0.1) is 5.92 Å². The highest BCUT2D eigenvalue weighted by atomic mass is 35.5. The highest BCUT2D eigenvalue weighted by molar-refractivity contribution is 6.07. The van der Waals surface area contributed by atoms with Gasteiger partial charge in [-0.3, -0.25) is 14.9 Å². The van der Waals surface area contributed by atoms with Crippen molar-refractivity contribution in [1.82, 2.24) is 16.0 Å². The fourth-order valence-corrected chi connectivity index (χ4v) is 2.97. The number of amides is 4. The number of hydrogen-bond donors (Lipinski definition) is 4. The summed E-state index contributed by atoms with van der Waals surface area (Å²) in [4.78, 5) is 35.7. The van der Waals surface area contributed by atoms with Gasteiger partial charge in [-0.2, -0.15) is 0 Å². The van der Waals surface area contributed by atoms with Gasteiger partial charge in [-0.05, 0) is 44.0 Å². The van der Waals surface area contributed by atoms with Gasteiger partial charge in [-0.15, -0.1) is 12.4 Å². The molecule has 0 aromatic heterocycles. The van der Waals surface area contributed by atoms with Gasteiger partial charge in [-0.1, -0.05) is 12.1 Å². The van der Waals surface area contributed by atoms with Crippen LogP contribution in [0.25, 0.3) is 0 Å². The number of piperidine rings is 1. The molecule has 3 rings (SSSR count). The third-order valence-corrected chi connectivity index (χ3v) is 4.42. The van der Waals surface area contributed by atoms with Crippen molar-refractivity contribution in [1.29, 1.82) is 0 Å². The molecule has 2 aliphatic heterocycles. The molecule has 0 saturated carbocycles. The molecule has 2 heterocycles. The molecule has 0 bridgehead atoms. The van der Waals surface area contributed by atoms with E-state index in [-0.39, 0.29) is 24.2 Å². The number of nitrogens with one attached hydrogen (secondary N) is 4. The van der Waals surface area contributed by atoms with Gasteiger partial charge in [0.2, 0.25) is 5.91 Å². The van der Waals surface area contributed by atoms with Crippen molar-refractivity contribution in [2.24, 2.45) is 5.92 Å². The quantitative estimate of drug-likeness (QED) is 0.612. The summed E-state index contributed by atoms with van der Waals surface area (Å²) in [6, 6.07) is 6.49. The molecule has 2 fully saturated rings. The van der Waals surface area contributed by atoms with Crippen molar-refractivity contribution >= 4 is 35.9 Å². The second kappa shape index (κ2) is 7.19. The fraction of sp³-hybridized carbons (Fsp3) is 0.438. The molecule has 0 aliphatic carbocycles. The third-order valence-electron chi connectivity index (χ3n) is 4.42. The van der Waals surface area contributed by atoms with Crippen LogP contribution >= 0.6 is 12.4 Å². The van der Waals surface area contributed by atoms with Crippen LogP contribution < -0.4 is 21.3 Å². The van der Waals surface area contributed by atoms with Crippen LogP contribution in [0.4, 0.5) is 10.5 Å². The summed E-state index contributed by atoms with van der Waals surface area (Å²) in [6.07, 6.45) is 1.86. The Labute approximate surface area is 146 Å². The third kappa shape index (κ3) is 3.52. The molecular formula is C16H21ClN4O3. The Bertz CT molecular complexity index is 660. The molecule has 0 spiro atoms. The van der Waals surface area contributed by atoms with Crippen LogP contribution in [-0.4, -0.2) is 30.9 Å². The summed E-state index contributed by atoms with van der Waals surface area (Å²) in [7, 11) is 0. The smallest absolute Gasteiger partial charge is 0.322 e. The van der Waals surface area contributed by atoms with Gasteiger partial charge in [0.1, 0.15) is 5.54 Å². The maximum atomic E-state index is 12.3. The number of imide groups is 1. The first-order valence-electron chi connectivity index (χ1n) is 7.75. The van der Waals surface area contributed by atoms with Gasteiger partial charge in [0.15, 0.2) is 0 Å². The van der Waals surface area contributed by atoms with Crippen molar-refractivity contribution in [3.8, 4) is 0 Å². The number of halogens is 1. The molecule has 0 radical (unpaired) electrons. The summed E-state index contributed by atoms with van der Waals surface area (Å²) >= 11 is 0. The Morgan fingerprint density at radius 1 is 1.33 bits per heavy atom. The number of urea groups is 1. The van der Waals surface area contributed by atoms with Crippen molar-refractivity contribution in [3.05, 3.63) is 29.8 Å². The summed E-state index contributed by atoms with van der Waals surface area (Å²) in [5.41, 5.74) is 0.123. The Hall–Kier alpha value is -2.12. The van der Waals surface area contributed by atoms with E-state index in [1.807, 2.05) is 0 Å². The molecule has 24 heavy (non-hydrogen) atoms. The van der Waals surface area contributed by atoms with Crippen molar-refractivity contribution < 1.29 is 14.4 Å². The maximum Gasteiger partial charge on any atom is 0.322 e. The second-order valence-corrected chi connectivity index (χ2v) is 6.15. The molecule has 8 heteroatoms. The average Bonchev–Trinajstić information content (AvgIpc) is 2.82. The molecule has 1 aromatic rings. The Balaban J connectivity index is 0.00000208.